The van der Waals surface area contributed by atoms with E-state index < -0.39 is 0 Å². The van der Waals surface area contributed by atoms with Gasteiger partial charge in [0, 0.05) is 54.5 Å². The van der Waals surface area contributed by atoms with Crippen LogP contribution in [0.3, 0.4) is 0 Å². The Morgan fingerprint density at radius 1 is 0.282 bits per heavy atom. The smallest absolute Gasteiger partial charge is 0.238 e. The number of nitrogens with zero attached hydrogens (tertiary/aromatic N) is 5. The van der Waals surface area contributed by atoms with Crippen molar-refractivity contribution in [1.29, 1.82) is 0 Å². The topological polar surface area (TPSA) is 61.7 Å². The van der Waals surface area contributed by atoms with Crippen molar-refractivity contribution < 1.29 is 4.42 Å². The molecule has 4 aromatic heterocycles. The van der Waals surface area contributed by atoms with Gasteiger partial charge in [0.2, 0.25) is 5.95 Å². The van der Waals surface area contributed by atoms with Crippen LogP contribution in [0.1, 0.15) is 0 Å². The molecule has 0 bridgehead atoms. The van der Waals surface area contributed by atoms with Gasteiger partial charge in [-0.05, 0) is 86.9 Å². The highest BCUT2D eigenvalue weighted by atomic mass is 16.3. The van der Waals surface area contributed by atoms with Crippen LogP contribution in [0.5, 0.6) is 0 Å². The van der Waals surface area contributed by atoms with E-state index in [1.54, 1.807) is 0 Å². The van der Waals surface area contributed by atoms with Gasteiger partial charge in [-0.25, -0.2) is 4.98 Å². The molecule has 6 nitrogen and oxygen atoms in total. The second kappa shape index (κ2) is 15.4. The van der Waals surface area contributed by atoms with Gasteiger partial charge in [-0.15, -0.1) is 0 Å². The molecule has 0 saturated heterocycles. The first kappa shape index (κ1) is 39.4. The molecule has 71 heavy (non-hydrogen) atoms. The normalized spacial score (nSPS) is 11.9. The van der Waals surface area contributed by atoms with Gasteiger partial charge in [-0.3, -0.25) is 4.57 Å². The average Bonchev–Trinajstić information content (AvgIpc) is 4.12. The number of aromatic nitrogens is 5. The fourth-order valence-corrected chi connectivity index (χ4v) is 11.2. The highest BCUT2D eigenvalue weighted by Crippen LogP contribution is 2.47. The van der Waals surface area contributed by atoms with Crippen molar-refractivity contribution in [2.45, 2.75) is 0 Å². The minimum atomic E-state index is 0.530. The zero-order chi connectivity index (χ0) is 46.6. The zero-order valence-electron chi connectivity index (χ0n) is 38.2. The number of furan rings is 1. The number of hydrogen-bond acceptors (Lipinski definition) is 4. The van der Waals surface area contributed by atoms with Crippen LogP contribution in [-0.4, -0.2) is 24.1 Å². The van der Waals surface area contributed by atoms with Crippen LogP contribution in [0.4, 0.5) is 0 Å². The molecular weight excluding hydrogens is 867 g/mol. The molecule has 0 amide bonds. The van der Waals surface area contributed by atoms with Gasteiger partial charge in [0.1, 0.15) is 11.2 Å². The van der Waals surface area contributed by atoms with Crippen molar-refractivity contribution in [2.24, 2.45) is 0 Å². The highest BCUT2D eigenvalue weighted by Gasteiger charge is 2.25. The molecule has 0 aliphatic carbocycles. The highest BCUT2D eigenvalue weighted by molar-refractivity contribution is 6.38. The second-order valence-electron chi connectivity index (χ2n) is 18.3. The van der Waals surface area contributed by atoms with Crippen molar-refractivity contribution >= 4 is 87.1 Å². The van der Waals surface area contributed by atoms with Crippen LogP contribution in [-0.2, 0) is 0 Å². The van der Waals surface area contributed by atoms with Crippen LogP contribution in [0.2, 0.25) is 0 Å². The van der Waals surface area contributed by atoms with E-state index in [9.17, 15) is 0 Å². The molecule has 0 atom stereocenters. The van der Waals surface area contributed by atoms with Gasteiger partial charge < -0.3 is 8.98 Å². The van der Waals surface area contributed by atoms with E-state index in [4.69, 9.17) is 19.4 Å². The Hall–Kier alpha value is -9.65. The first-order valence-electron chi connectivity index (χ1n) is 24.0. The third kappa shape index (κ3) is 6.05. The van der Waals surface area contributed by atoms with E-state index >= 15 is 0 Å². The predicted octanol–water partition coefficient (Wildman–Crippen LogP) is 16.9. The Morgan fingerprint density at radius 3 is 1.48 bits per heavy atom. The lowest BCUT2D eigenvalue weighted by Gasteiger charge is -2.13. The summed E-state index contributed by atoms with van der Waals surface area (Å²) in [4.78, 5) is 16.1. The number of benzene rings is 11. The van der Waals surface area contributed by atoms with Crippen LogP contribution in [0, 0.1) is 0 Å². The Morgan fingerprint density at radius 2 is 0.775 bits per heavy atom. The summed E-state index contributed by atoms with van der Waals surface area (Å²) in [5, 5.41) is 11.6. The molecule has 15 rings (SSSR count). The van der Waals surface area contributed by atoms with Crippen molar-refractivity contribution in [2.75, 3.05) is 0 Å². The molecule has 0 aliphatic heterocycles. The molecule has 0 unspecified atom stereocenters. The number of hydrogen-bond donors (Lipinski definition) is 0. The van der Waals surface area contributed by atoms with Crippen LogP contribution in [0.15, 0.2) is 241 Å². The van der Waals surface area contributed by atoms with Gasteiger partial charge in [-0.1, -0.05) is 188 Å². The fourth-order valence-electron chi connectivity index (χ4n) is 11.2. The molecule has 15 aromatic rings. The first-order chi connectivity index (χ1) is 35.2. The van der Waals surface area contributed by atoms with Gasteiger partial charge in [-0.2, -0.15) is 9.97 Å². The third-order valence-corrected chi connectivity index (χ3v) is 14.4. The molecule has 0 saturated carbocycles. The van der Waals surface area contributed by atoms with E-state index in [0.29, 0.717) is 17.6 Å². The van der Waals surface area contributed by atoms with Gasteiger partial charge >= 0.3 is 0 Å². The number of rotatable bonds is 6. The molecule has 0 fully saturated rings. The minimum absolute atomic E-state index is 0.530. The summed E-state index contributed by atoms with van der Waals surface area (Å²) in [6.45, 7) is 0. The van der Waals surface area contributed by atoms with Gasteiger partial charge in [0.15, 0.2) is 11.6 Å². The summed E-state index contributed by atoms with van der Waals surface area (Å²) < 4.78 is 11.1. The van der Waals surface area contributed by atoms with E-state index in [0.717, 1.165) is 77.2 Å². The summed E-state index contributed by atoms with van der Waals surface area (Å²) in [6.07, 6.45) is 0. The summed E-state index contributed by atoms with van der Waals surface area (Å²) in [5.74, 6) is 1.66. The first-order valence-corrected chi connectivity index (χ1v) is 24.0. The maximum absolute atomic E-state index is 6.42. The minimum Gasteiger partial charge on any atom is -0.456 e. The summed E-state index contributed by atoms with van der Waals surface area (Å²) in [7, 11) is 0. The van der Waals surface area contributed by atoms with Crippen LogP contribution >= 0.6 is 0 Å². The molecule has 0 aliphatic rings. The maximum atomic E-state index is 6.42. The number of fused-ring (bicyclic) bond motifs is 15. The molecule has 0 radical (unpaired) electrons. The largest absolute Gasteiger partial charge is 0.456 e. The summed E-state index contributed by atoms with van der Waals surface area (Å²) in [5.41, 5.74) is 13.4. The van der Waals surface area contributed by atoms with Gasteiger partial charge in [0.25, 0.3) is 0 Å². The quantitative estimate of drug-likeness (QED) is 0.156. The van der Waals surface area contributed by atoms with Gasteiger partial charge in [0.05, 0.1) is 22.1 Å². The Labute approximate surface area is 407 Å². The Kier molecular flexibility index (Phi) is 8.56. The summed E-state index contributed by atoms with van der Waals surface area (Å²) in [6, 6.07) is 83.9. The molecule has 6 heteroatoms. The van der Waals surface area contributed by atoms with E-state index in [1.165, 1.54) is 49.0 Å². The number of para-hydroxylation sites is 2. The Bertz CT molecular complexity index is 4610. The maximum Gasteiger partial charge on any atom is 0.238 e. The van der Waals surface area contributed by atoms with Crippen LogP contribution in [0.25, 0.3) is 144 Å². The summed E-state index contributed by atoms with van der Waals surface area (Å²) >= 11 is 0. The molecule has 0 spiro atoms. The molecule has 330 valence electrons. The fraction of sp³-hybridized carbons (Fsp3) is 0. The molecule has 0 N–H and O–H groups in total. The molecule has 4 heterocycles. The lowest BCUT2D eigenvalue weighted by Crippen LogP contribution is -2.06. The Balaban J connectivity index is 1.02. The SMILES string of the molecule is c1ccc(-c2ccc(-c3nc(-c4ccc5c(c4)oc4ccccc45)nc(-n4c5ccccc5c5c6c7c8ccccc8c8ccccc8c7n(-c7ccc(-c8ccccc8)cc7)c6ccc54)n3)cc2)cc1. The standard InChI is InChI=1S/C65H39N5O/c1-3-15-40(16-4-1)42-27-29-44(30-28-42)63-66-64(45-33-36-50-49-21-12-14-26-57(49)71-58(50)39-45)68-65(67-63)70-54-25-13-11-24-53(54)59-55(70)37-38-56-61(59)60-51-22-9-7-19-47(51)48-20-8-10-23-52(48)62(60)69(56)46-34-31-43(32-35-46)41-17-5-2-6-18-41/h1-39H. The monoisotopic (exact) mass is 905 g/mol. The average molecular weight is 906 g/mol. The lowest BCUT2D eigenvalue weighted by molar-refractivity contribution is 0.669. The zero-order valence-corrected chi connectivity index (χ0v) is 38.2. The van der Waals surface area contributed by atoms with E-state index in [1.807, 2.05) is 24.3 Å². The lowest BCUT2D eigenvalue weighted by atomic mass is 9.95. The van der Waals surface area contributed by atoms with E-state index in [2.05, 4.69) is 221 Å². The second-order valence-corrected chi connectivity index (χ2v) is 18.3. The van der Waals surface area contributed by atoms with E-state index in [-0.39, 0.29) is 0 Å². The van der Waals surface area contributed by atoms with Crippen molar-refractivity contribution in [3.63, 3.8) is 0 Å². The van der Waals surface area contributed by atoms with Crippen molar-refractivity contribution in [3.8, 4) is 56.7 Å². The predicted molar refractivity (Wildman–Crippen MR) is 293 cm³/mol. The van der Waals surface area contributed by atoms with Crippen molar-refractivity contribution in [3.05, 3.63) is 237 Å². The third-order valence-electron chi connectivity index (χ3n) is 14.4. The van der Waals surface area contributed by atoms with Crippen LogP contribution < -0.4 is 0 Å². The van der Waals surface area contributed by atoms with Crippen molar-refractivity contribution in [1.82, 2.24) is 24.1 Å². The molecular formula is C65H39N5O. The molecule has 11 aromatic carbocycles.